The molecular weight excluding hydrogens is 188 g/mol. The fourth-order valence-corrected chi connectivity index (χ4v) is 1.80. The predicted octanol–water partition coefficient (Wildman–Crippen LogP) is 1.64. The van der Waals surface area contributed by atoms with Crippen LogP contribution in [0.1, 0.15) is 26.7 Å². The van der Waals surface area contributed by atoms with Crippen molar-refractivity contribution in [3.63, 3.8) is 0 Å². The first-order valence-corrected chi connectivity index (χ1v) is 5.66. The van der Waals surface area contributed by atoms with E-state index in [2.05, 4.69) is 25.3 Å². The smallest absolute Gasteiger partial charge is 0.0589 e. The zero-order chi connectivity index (χ0) is 11.7. The molecule has 0 radical (unpaired) electrons. The molecule has 0 amide bonds. The highest BCUT2D eigenvalue weighted by Gasteiger charge is 2.20. The van der Waals surface area contributed by atoms with Crippen molar-refractivity contribution in [2.75, 3.05) is 33.4 Å². The van der Waals surface area contributed by atoms with Crippen LogP contribution >= 0.6 is 0 Å². The van der Waals surface area contributed by atoms with Gasteiger partial charge in [-0.05, 0) is 13.3 Å². The quantitative estimate of drug-likeness (QED) is 0.593. The van der Waals surface area contributed by atoms with Crippen molar-refractivity contribution in [1.29, 1.82) is 0 Å². The number of nitrogens with two attached hydrogens (primary N) is 1. The van der Waals surface area contributed by atoms with Crippen molar-refractivity contribution < 1.29 is 4.74 Å². The average molecular weight is 214 g/mol. The number of nitrogens with zero attached hydrogens (tertiary/aromatic N) is 1. The zero-order valence-corrected chi connectivity index (χ0v) is 10.5. The number of ether oxygens (including phenoxy) is 1. The maximum atomic E-state index is 6.21. The van der Waals surface area contributed by atoms with Gasteiger partial charge in [-0.1, -0.05) is 19.4 Å². The SMILES string of the molecule is C=CCN(CCOC)CC(C)(N)CCC. The second-order valence-electron chi connectivity index (χ2n) is 4.42. The first kappa shape index (κ1) is 14.6. The Kier molecular flexibility index (Phi) is 7.65. The molecule has 0 fully saturated rings. The van der Waals surface area contributed by atoms with Crippen LogP contribution in [-0.2, 0) is 4.74 Å². The molecular formula is C12H26N2O. The van der Waals surface area contributed by atoms with E-state index in [1.165, 1.54) is 0 Å². The Balaban J connectivity index is 4.06. The Hall–Kier alpha value is -0.380. The molecule has 0 rings (SSSR count). The monoisotopic (exact) mass is 214 g/mol. The third kappa shape index (κ3) is 7.54. The van der Waals surface area contributed by atoms with Gasteiger partial charge in [0.1, 0.15) is 0 Å². The van der Waals surface area contributed by atoms with E-state index in [1.54, 1.807) is 7.11 Å². The molecule has 90 valence electrons. The average Bonchev–Trinajstić information content (AvgIpc) is 2.14. The highest BCUT2D eigenvalue weighted by Crippen LogP contribution is 2.10. The fourth-order valence-electron chi connectivity index (χ4n) is 1.80. The van der Waals surface area contributed by atoms with E-state index in [4.69, 9.17) is 10.5 Å². The minimum absolute atomic E-state index is 0.106. The van der Waals surface area contributed by atoms with Gasteiger partial charge in [0.25, 0.3) is 0 Å². The summed E-state index contributed by atoms with van der Waals surface area (Å²) in [5, 5.41) is 0. The topological polar surface area (TPSA) is 38.5 Å². The molecule has 0 aliphatic heterocycles. The van der Waals surface area contributed by atoms with Crippen LogP contribution in [0.4, 0.5) is 0 Å². The van der Waals surface area contributed by atoms with Crippen LogP contribution < -0.4 is 5.73 Å². The molecule has 0 aromatic heterocycles. The maximum Gasteiger partial charge on any atom is 0.0589 e. The number of rotatable bonds is 9. The molecule has 0 saturated heterocycles. The lowest BCUT2D eigenvalue weighted by molar-refractivity contribution is 0.138. The van der Waals surface area contributed by atoms with Crippen molar-refractivity contribution in [2.24, 2.45) is 5.73 Å². The van der Waals surface area contributed by atoms with Crippen molar-refractivity contribution in [1.82, 2.24) is 4.90 Å². The van der Waals surface area contributed by atoms with Gasteiger partial charge in [0, 0.05) is 32.3 Å². The Morgan fingerprint density at radius 2 is 2.20 bits per heavy atom. The molecule has 2 N–H and O–H groups in total. The van der Waals surface area contributed by atoms with E-state index >= 15 is 0 Å². The third-order valence-corrected chi connectivity index (χ3v) is 2.40. The third-order valence-electron chi connectivity index (χ3n) is 2.40. The van der Waals surface area contributed by atoms with Crippen LogP contribution in [0.25, 0.3) is 0 Å². The largest absolute Gasteiger partial charge is 0.383 e. The molecule has 0 bridgehead atoms. The highest BCUT2D eigenvalue weighted by molar-refractivity contribution is 4.85. The number of methoxy groups -OCH3 is 1. The van der Waals surface area contributed by atoms with Gasteiger partial charge in [-0.3, -0.25) is 4.90 Å². The van der Waals surface area contributed by atoms with E-state index in [-0.39, 0.29) is 5.54 Å². The Labute approximate surface area is 94.3 Å². The molecule has 1 atom stereocenters. The van der Waals surface area contributed by atoms with E-state index in [9.17, 15) is 0 Å². The van der Waals surface area contributed by atoms with Crippen LogP contribution in [0.15, 0.2) is 12.7 Å². The molecule has 0 aromatic carbocycles. The summed E-state index contributed by atoms with van der Waals surface area (Å²) < 4.78 is 5.08. The van der Waals surface area contributed by atoms with Crippen LogP contribution in [0.3, 0.4) is 0 Å². The van der Waals surface area contributed by atoms with Crippen LogP contribution in [-0.4, -0.2) is 43.8 Å². The summed E-state index contributed by atoms with van der Waals surface area (Å²) in [6, 6.07) is 0. The molecule has 0 spiro atoms. The lowest BCUT2D eigenvalue weighted by Gasteiger charge is -2.31. The van der Waals surface area contributed by atoms with Gasteiger partial charge in [0.05, 0.1) is 6.61 Å². The fraction of sp³-hybridized carbons (Fsp3) is 0.833. The van der Waals surface area contributed by atoms with Crippen molar-refractivity contribution in [2.45, 2.75) is 32.2 Å². The maximum absolute atomic E-state index is 6.21. The predicted molar refractivity (Wildman–Crippen MR) is 66.0 cm³/mol. The van der Waals surface area contributed by atoms with E-state index in [1.807, 2.05) is 6.08 Å². The molecule has 0 saturated carbocycles. The normalized spacial score (nSPS) is 15.3. The van der Waals surface area contributed by atoms with Gasteiger partial charge in [-0.2, -0.15) is 0 Å². The first-order valence-electron chi connectivity index (χ1n) is 5.66. The second kappa shape index (κ2) is 7.85. The Morgan fingerprint density at radius 3 is 2.67 bits per heavy atom. The molecule has 3 nitrogen and oxygen atoms in total. The number of hydrogen-bond donors (Lipinski definition) is 1. The van der Waals surface area contributed by atoms with Gasteiger partial charge in [0.2, 0.25) is 0 Å². The van der Waals surface area contributed by atoms with E-state index in [0.29, 0.717) is 0 Å². The lowest BCUT2D eigenvalue weighted by Crippen LogP contribution is -2.48. The molecule has 1 unspecified atom stereocenters. The van der Waals surface area contributed by atoms with Gasteiger partial charge in [-0.15, -0.1) is 6.58 Å². The van der Waals surface area contributed by atoms with Crippen LogP contribution in [0, 0.1) is 0 Å². The summed E-state index contributed by atoms with van der Waals surface area (Å²) >= 11 is 0. The van der Waals surface area contributed by atoms with Gasteiger partial charge >= 0.3 is 0 Å². The first-order chi connectivity index (χ1) is 7.05. The number of hydrogen-bond acceptors (Lipinski definition) is 3. The van der Waals surface area contributed by atoms with Crippen molar-refractivity contribution in [3.8, 4) is 0 Å². The summed E-state index contributed by atoms with van der Waals surface area (Å²) in [5.74, 6) is 0. The Bertz CT molecular complexity index is 169. The minimum atomic E-state index is -0.106. The van der Waals surface area contributed by atoms with Crippen molar-refractivity contribution in [3.05, 3.63) is 12.7 Å². The summed E-state index contributed by atoms with van der Waals surface area (Å²) in [6.07, 6.45) is 4.09. The summed E-state index contributed by atoms with van der Waals surface area (Å²) in [4.78, 5) is 2.28. The molecule has 0 aliphatic carbocycles. The van der Waals surface area contributed by atoms with Crippen LogP contribution in [0.2, 0.25) is 0 Å². The van der Waals surface area contributed by atoms with Crippen molar-refractivity contribution >= 4 is 0 Å². The molecule has 0 aromatic rings. The van der Waals surface area contributed by atoms with Crippen LogP contribution in [0.5, 0.6) is 0 Å². The van der Waals surface area contributed by atoms with Gasteiger partial charge in [0.15, 0.2) is 0 Å². The Morgan fingerprint density at radius 1 is 1.53 bits per heavy atom. The summed E-state index contributed by atoms with van der Waals surface area (Å²) in [6.45, 7) is 11.5. The zero-order valence-electron chi connectivity index (χ0n) is 10.5. The van der Waals surface area contributed by atoms with Gasteiger partial charge in [-0.25, -0.2) is 0 Å². The minimum Gasteiger partial charge on any atom is -0.383 e. The molecule has 15 heavy (non-hydrogen) atoms. The van der Waals surface area contributed by atoms with E-state index < -0.39 is 0 Å². The van der Waals surface area contributed by atoms with E-state index in [0.717, 1.165) is 39.1 Å². The summed E-state index contributed by atoms with van der Waals surface area (Å²) in [7, 11) is 1.72. The molecule has 0 heterocycles. The highest BCUT2D eigenvalue weighted by atomic mass is 16.5. The molecule has 3 heteroatoms. The lowest BCUT2D eigenvalue weighted by atomic mass is 9.97. The summed E-state index contributed by atoms with van der Waals surface area (Å²) in [5.41, 5.74) is 6.11. The second-order valence-corrected chi connectivity index (χ2v) is 4.42. The standard InChI is InChI=1S/C12H26N2O/c1-5-7-12(3,13)11-14(8-6-2)9-10-15-4/h6H,2,5,7-11,13H2,1,3-4H3. The van der Waals surface area contributed by atoms with Gasteiger partial charge < -0.3 is 10.5 Å². The molecule has 0 aliphatic rings.